The molecule has 1 N–H and O–H groups in total. The number of hydrogen-bond donors (Lipinski definition) is 1. The van der Waals surface area contributed by atoms with Crippen molar-refractivity contribution in [2.24, 2.45) is 0 Å². The van der Waals surface area contributed by atoms with Crippen LogP contribution in [-0.2, 0) is 6.61 Å². The van der Waals surface area contributed by atoms with Crippen LogP contribution in [-0.4, -0.2) is 11.7 Å². The number of hydrogen-bond acceptors (Lipinski definition) is 4. The van der Waals surface area contributed by atoms with Crippen molar-refractivity contribution in [3.05, 3.63) is 81.5 Å². The van der Waals surface area contributed by atoms with Gasteiger partial charge in [0.05, 0.1) is 4.88 Å². The Morgan fingerprint density at radius 3 is 2.48 bits per heavy atom. The second-order valence-corrected chi connectivity index (χ2v) is 6.68. The van der Waals surface area contributed by atoms with E-state index in [1.165, 1.54) is 24.3 Å². The van der Waals surface area contributed by atoms with E-state index in [9.17, 15) is 18.4 Å². The molecule has 0 radical (unpaired) electrons. The third-order valence-corrected chi connectivity index (χ3v) is 4.69. The van der Waals surface area contributed by atoms with E-state index >= 15 is 0 Å². The summed E-state index contributed by atoms with van der Waals surface area (Å²) in [6.07, 6.45) is 0. The van der Waals surface area contributed by atoms with Gasteiger partial charge in [-0.25, -0.2) is 8.78 Å². The van der Waals surface area contributed by atoms with Gasteiger partial charge in [-0.3, -0.25) is 9.59 Å². The van der Waals surface area contributed by atoms with Gasteiger partial charge in [0.25, 0.3) is 5.91 Å². The summed E-state index contributed by atoms with van der Waals surface area (Å²) in [4.78, 5) is 24.0. The first-order valence-corrected chi connectivity index (χ1v) is 8.88. The van der Waals surface area contributed by atoms with Gasteiger partial charge in [-0.05, 0) is 54.8 Å². The molecule has 2 aromatic carbocycles. The molecule has 0 bridgehead atoms. The molecule has 0 saturated carbocycles. The fraction of sp³-hybridized carbons (Fsp3) is 0.100. The molecule has 0 spiro atoms. The van der Waals surface area contributed by atoms with E-state index in [0.717, 1.165) is 12.1 Å². The lowest BCUT2D eigenvalue weighted by Gasteiger charge is -2.06. The molecule has 0 aliphatic rings. The summed E-state index contributed by atoms with van der Waals surface area (Å²) >= 11 is 1.23. The lowest BCUT2D eigenvalue weighted by molar-refractivity contribution is 0.101. The zero-order valence-corrected chi connectivity index (χ0v) is 15.1. The minimum Gasteiger partial charge on any atom is -0.486 e. The third kappa shape index (κ3) is 4.77. The lowest BCUT2D eigenvalue weighted by atomic mass is 10.1. The van der Waals surface area contributed by atoms with Crippen molar-refractivity contribution in [1.82, 2.24) is 0 Å². The van der Waals surface area contributed by atoms with E-state index < -0.39 is 11.6 Å². The number of ether oxygens (including phenoxy) is 1. The summed E-state index contributed by atoms with van der Waals surface area (Å²) in [5.41, 5.74) is 1.84. The van der Waals surface area contributed by atoms with Crippen molar-refractivity contribution < 1.29 is 23.1 Å². The van der Waals surface area contributed by atoms with E-state index in [-0.39, 0.29) is 24.0 Å². The first-order valence-electron chi connectivity index (χ1n) is 8.00. The topological polar surface area (TPSA) is 55.4 Å². The molecule has 0 unspecified atom stereocenters. The molecule has 1 aromatic heterocycles. The number of Topliss-reactive ketones (excluding diaryl/α,β-unsaturated/α-hetero) is 1. The molecule has 7 heteroatoms. The van der Waals surface area contributed by atoms with Gasteiger partial charge in [0.15, 0.2) is 17.3 Å². The Bertz CT molecular complexity index is 983. The van der Waals surface area contributed by atoms with E-state index in [4.69, 9.17) is 4.74 Å². The van der Waals surface area contributed by atoms with Crippen molar-refractivity contribution in [2.45, 2.75) is 13.5 Å². The molecular formula is C20H15F2NO3S. The molecule has 0 saturated heterocycles. The Balaban J connectivity index is 1.61. The highest BCUT2D eigenvalue weighted by molar-refractivity contribution is 7.12. The van der Waals surface area contributed by atoms with Gasteiger partial charge in [0.2, 0.25) is 0 Å². The largest absolute Gasteiger partial charge is 0.486 e. The number of carbonyl (C=O) groups excluding carboxylic acids is 2. The number of halogens is 2. The Labute approximate surface area is 158 Å². The van der Waals surface area contributed by atoms with Crippen LogP contribution < -0.4 is 10.1 Å². The molecular weight excluding hydrogens is 372 g/mol. The second-order valence-electron chi connectivity index (χ2n) is 5.77. The summed E-state index contributed by atoms with van der Waals surface area (Å²) in [5.74, 6) is -1.86. The standard InChI is InChI=1S/C20H15F2NO3S/c1-12(24)14-2-5-16(6-3-14)23-20(25)19-8-13(11-27-19)10-26-18-7-4-15(21)9-17(18)22/h2-9,11H,10H2,1H3,(H,23,25). The zero-order valence-electron chi connectivity index (χ0n) is 14.3. The maximum absolute atomic E-state index is 13.6. The second kappa shape index (κ2) is 8.09. The number of ketones is 1. The van der Waals surface area contributed by atoms with Crippen LogP contribution in [0.25, 0.3) is 0 Å². The number of anilines is 1. The maximum Gasteiger partial charge on any atom is 0.265 e. The predicted molar refractivity (Wildman–Crippen MR) is 99.4 cm³/mol. The number of benzene rings is 2. The molecule has 4 nitrogen and oxygen atoms in total. The van der Waals surface area contributed by atoms with Crippen molar-refractivity contribution in [3.8, 4) is 5.75 Å². The number of amides is 1. The first kappa shape index (κ1) is 18.7. The summed E-state index contributed by atoms with van der Waals surface area (Å²) in [6, 6.07) is 11.3. The van der Waals surface area contributed by atoms with E-state index in [0.29, 0.717) is 21.7 Å². The van der Waals surface area contributed by atoms with E-state index in [2.05, 4.69) is 5.32 Å². The van der Waals surface area contributed by atoms with Crippen LogP contribution >= 0.6 is 11.3 Å². The van der Waals surface area contributed by atoms with Crippen molar-refractivity contribution in [1.29, 1.82) is 0 Å². The van der Waals surface area contributed by atoms with Crippen LogP contribution in [0.3, 0.4) is 0 Å². The van der Waals surface area contributed by atoms with Crippen LogP contribution in [0.5, 0.6) is 5.75 Å². The van der Waals surface area contributed by atoms with Crippen LogP contribution in [0.4, 0.5) is 14.5 Å². The van der Waals surface area contributed by atoms with Crippen LogP contribution in [0.1, 0.15) is 32.5 Å². The number of thiophene rings is 1. The third-order valence-electron chi connectivity index (χ3n) is 3.72. The molecule has 1 amide bonds. The Hall–Kier alpha value is -3.06. The fourth-order valence-electron chi connectivity index (χ4n) is 2.30. The SMILES string of the molecule is CC(=O)c1ccc(NC(=O)c2cc(COc3ccc(F)cc3F)cs2)cc1. The molecule has 138 valence electrons. The molecule has 27 heavy (non-hydrogen) atoms. The van der Waals surface area contributed by atoms with Gasteiger partial charge in [-0.15, -0.1) is 11.3 Å². The van der Waals surface area contributed by atoms with Gasteiger partial charge in [-0.2, -0.15) is 0 Å². The fourth-order valence-corrected chi connectivity index (χ4v) is 3.10. The summed E-state index contributed by atoms with van der Waals surface area (Å²) in [5, 5.41) is 4.48. The molecule has 0 fully saturated rings. The van der Waals surface area contributed by atoms with E-state index in [1.807, 2.05) is 0 Å². The lowest BCUT2D eigenvalue weighted by Crippen LogP contribution is -2.10. The highest BCUT2D eigenvalue weighted by Crippen LogP contribution is 2.22. The smallest absolute Gasteiger partial charge is 0.265 e. The normalized spacial score (nSPS) is 10.5. The Morgan fingerprint density at radius 1 is 1.07 bits per heavy atom. The summed E-state index contributed by atoms with van der Waals surface area (Å²) in [6.45, 7) is 1.53. The van der Waals surface area contributed by atoms with Crippen LogP contribution in [0, 0.1) is 11.6 Å². The summed E-state index contributed by atoms with van der Waals surface area (Å²) < 4.78 is 31.8. The predicted octanol–water partition coefficient (Wildman–Crippen LogP) is 5.06. The molecule has 1 heterocycles. The van der Waals surface area contributed by atoms with Gasteiger partial charge >= 0.3 is 0 Å². The van der Waals surface area contributed by atoms with Crippen molar-refractivity contribution in [2.75, 3.05) is 5.32 Å². The first-order chi connectivity index (χ1) is 12.9. The van der Waals surface area contributed by atoms with E-state index in [1.54, 1.807) is 35.7 Å². The maximum atomic E-state index is 13.6. The Kier molecular flexibility index (Phi) is 5.61. The molecule has 3 rings (SSSR count). The summed E-state index contributed by atoms with van der Waals surface area (Å²) in [7, 11) is 0. The monoisotopic (exact) mass is 387 g/mol. The number of rotatable bonds is 6. The van der Waals surface area contributed by atoms with Gasteiger partial charge < -0.3 is 10.1 Å². The average molecular weight is 387 g/mol. The number of carbonyl (C=O) groups is 2. The highest BCUT2D eigenvalue weighted by Gasteiger charge is 2.11. The van der Waals surface area contributed by atoms with Gasteiger partial charge in [0.1, 0.15) is 12.4 Å². The molecule has 3 aromatic rings. The van der Waals surface area contributed by atoms with Crippen molar-refractivity contribution >= 4 is 28.7 Å². The zero-order chi connectivity index (χ0) is 19.4. The molecule has 0 aliphatic carbocycles. The van der Waals surface area contributed by atoms with Crippen LogP contribution in [0.15, 0.2) is 53.9 Å². The minimum atomic E-state index is -0.780. The average Bonchev–Trinajstić information content (AvgIpc) is 3.10. The number of nitrogens with one attached hydrogen (secondary N) is 1. The molecule has 0 aliphatic heterocycles. The Morgan fingerprint density at radius 2 is 1.81 bits per heavy atom. The van der Waals surface area contributed by atoms with Crippen LogP contribution in [0.2, 0.25) is 0 Å². The highest BCUT2D eigenvalue weighted by atomic mass is 32.1. The van der Waals surface area contributed by atoms with Crippen molar-refractivity contribution in [3.63, 3.8) is 0 Å². The van der Waals surface area contributed by atoms with Gasteiger partial charge in [0, 0.05) is 22.9 Å². The minimum absolute atomic E-state index is 0.0478. The molecule has 0 atom stereocenters. The van der Waals surface area contributed by atoms with Gasteiger partial charge in [-0.1, -0.05) is 0 Å². The quantitative estimate of drug-likeness (QED) is 0.602.